The lowest BCUT2D eigenvalue weighted by Gasteiger charge is -2.12. The maximum Gasteiger partial charge on any atom is 0.291 e. The van der Waals surface area contributed by atoms with Crippen LogP contribution >= 0.6 is 46.8 Å². The topological polar surface area (TPSA) is 83.4 Å². The van der Waals surface area contributed by atoms with Crippen LogP contribution in [0.15, 0.2) is 71.1 Å². The highest BCUT2D eigenvalue weighted by Crippen LogP contribution is 2.36. The fourth-order valence-electron chi connectivity index (χ4n) is 3.67. The molecular weight excluding hydrogens is 537 g/mol. The Morgan fingerprint density at radius 1 is 0.944 bits per heavy atom. The van der Waals surface area contributed by atoms with Crippen LogP contribution in [0.1, 0.15) is 25.8 Å². The van der Waals surface area contributed by atoms with E-state index >= 15 is 0 Å². The standard InChI is InChI=1S/C26H17Cl2N3O3S2/c1-13-10-16(7-9-18(13)30-24(32)20-11-14-4-2-3-5-19(14)34-20)29-26(35)31-25(33)23-22(28)17-8-6-15(27)12-21(17)36-23/h2-12H,1H3,(H,30,32)(H2,29,31,33,35). The summed E-state index contributed by atoms with van der Waals surface area (Å²) >= 11 is 19.0. The Kier molecular flexibility index (Phi) is 6.68. The van der Waals surface area contributed by atoms with Gasteiger partial charge < -0.3 is 15.1 Å². The number of hydrogen-bond donors (Lipinski definition) is 3. The van der Waals surface area contributed by atoms with Crippen molar-refractivity contribution in [3.05, 3.63) is 93.0 Å². The van der Waals surface area contributed by atoms with E-state index in [2.05, 4.69) is 16.0 Å². The van der Waals surface area contributed by atoms with Crippen LogP contribution in [0, 0.1) is 6.92 Å². The molecule has 2 aromatic heterocycles. The summed E-state index contributed by atoms with van der Waals surface area (Å²) in [5.41, 5.74) is 2.71. The van der Waals surface area contributed by atoms with Gasteiger partial charge in [0, 0.05) is 31.9 Å². The second-order valence-electron chi connectivity index (χ2n) is 7.93. The zero-order chi connectivity index (χ0) is 25.4. The lowest BCUT2D eigenvalue weighted by atomic mass is 10.1. The van der Waals surface area contributed by atoms with Crippen molar-refractivity contribution in [2.75, 3.05) is 10.6 Å². The van der Waals surface area contributed by atoms with Crippen molar-refractivity contribution < 1.29 is 14.0 Å². The molecule has 0 fully saturated rings. The number of rotatable bonds is 4. The first-order chi connectivity index (χ1) is 17.3. The molecule has 6 nitrogen and oxygen atoms in total. The minimum Gasteiger partial charge on any atom is -0.451 e. The molecule has 2 amide bonds. The van der Waals surface area contributed by atoms with Crippen LogP contribution in [0.3, 0.4) is 0 Å². The molecule has 180 valence electrons. The van der Waals surface area contributed by atoms with Crippen molar-refractivity contribution in [1.29, 1.82) is 0 Å². The predicted molar refractivity (Wildman–Crippen MR) is 151 cm³/mol. The molecule has 2 heterocycles. The van der Waals surface area contributed by atoms with Crippen LogP contribution in [-0.2, 0) is 0 Å². The van der Waals surface area contributed by atoms with Crippen molar-refractivity contribution in [2.24, 2.45) is 0 Å². The Morgan fingerprint density at radius 2 is 1.75 bits per heavy atom. The molecule has 0 aliphatic heterocycles. The van der Waals surface area contributed by atoms with E-state index in [4.69, 9.17) is 39.8 Å². The molecule has 0 saturated heterocycles. The maximum atomic E-state index is 12.8. The zero-order valence-electron chi connectivity index (χ0n) is 18.6. The Labute approximate surface area is 225 Å². The number of benzene rings is 3. The summed E-state index contributed by atoms with van der Waals surface area (Å²) in [6.45, 7) is 1.85. The summed E-state index contributed by atoms with van der Waals surface area (Å²) in [6, 6.07) is 19.7. The molecule has 0 bridgehead atoms. The molecule has 5 rings (SSSR count). The summed E-state index contributed by atoms with van der Waals surface area (Å²) in [4.78, 5) is 25.8. The van der Waals surface area contributed by atoms with E-state index < -0.39 is 5.91 Å². The normalized spacial score (nSPS) is 11.0. The quantitative estimate of drug-likeness (QED) is 0.199. The molecule has 36 heavy (non-hydrogen) atoms. The van der Waals surface area contributed by atoms with Gasteiger partial charge >= 0.3 is 0 Å². The van der Waals surface area contributed by atoms with Gasteiger partial charge in [-0.1, -0.05) is 47.5 Å². The van der Waals surface area contributed by atoms with Crippen LogP contribution < -0.4 is 16.0 Å². The van der Waals surface area contributed by atoms with Gasteiger partial charge in [0.25, 0.3) is 11.8 Å². The Bertz CT molecular complexity index is 1640. The fourth-order valence-corrected chi connectivity index (χ4v) is 5.57. The number of fused-ring (bicyclic) bond motifs is 2. The van der Waals surface area contributed by atoms with Crippen molar-refractivity contribution in [3.8, 4) is 0 Å². The number of nitrogens with one attached hydrogen (secondary N) is 3. The third-order valence-electron chi connectivity index (χ3n) is 5.41. The maximum absolute atomic E-state index is 12.8. The van der Waals surface area contributed by atoms with E-state index in [-0.39, 0.29) is 16.8 Å². The van der Waals surface area contributed by atoms with Gasteiger partial charge in [0.2, 0.25) is 0 Å². The van der Waals surface area contributed by atoms with Crippen LogP contribution in [-0.4, -0.2) is 16.9 Å². The first-order valence-corrected chi connectivity index (χ1v) is 12.7. The van der Waals surface area contributed by atoms with Gasteiger partial charge in [0.1, 0.15) is 10.5 Å². The molecule has 0 atom stereocenters. The second-order valence-corrected chi connectivity index (χ2v) is 10.2. The number of hydrogen-bond acceptors (Lipinski definition) is 5. The number of para-hydroxylation sites is 1. The average molecular weight is 554 g/mol. The number of thiophene rings is 1. The molecule has 0 aliphatic rings. The molecule has 0 unspecified atom stereocenters. The van der Waals surface area contributed by atoms with E-state index in [1.165, 1.54) is 11.3 Å². The van der Waals surface area contributed by atoms with Crippen molar-refractivity contribution in [1.82, 2.24) is 5.32 Å². The molecular formula is C26H17Cl2N3O3S2. The lowest BCUT2D eigenvalue weighted by Crippen LogP contribution is -2.33. The fraction of sp³-hybridized carbons (Fsp3) is 0.0385. The Hall–Kier alpha value is -3.43. The van der Waals surface area contributed by atoms with Gasteiger partial charge in [-0.15, -0.1) is 11.3 Å². The second kappa shape index (κ2) is 9.91. The SMILES string of the molecule is Cc1cc(NC(=S)NC(=O)c2sc3cc(Cl)ccc3c2Cl)ccc1NC(=O)c1cc2ccccc2o1. The van der Waals surface area contributed by atoms with Gasteiger partial charge in [0.15, 0.2) is 10.9 Å². The summed E-state index contributed by atoms with van der Waals surface area (Å²) in [6.07, 6.45) is 0. The van der Waals surface area contributed by atoms with Gasteiger partial charge in [-0.2, -0.15) is 0 Å². The highest BCUT2D eigenvalue weighted by atomic mass is 35.5. The number of halogens is 2. The van der Waals surface area contributed by atoms with Gasteiger partial charge in [-0.3, -0.25) is 14.9 Å². The van der Waals surface area contributed by atoms with Crippen LogP contribution in [0.25, 0.3) is 21.1 Å². The molecule has 5 aromatic rings. The highest BCUT2D eigenvalue weighted by Gasteiger charge is 2.19. The largest absolute Gasteiger partial charge is 0.451 e. The van der Waals surface area contributed by atoms with E-state index in [0.29, 0.717) is 31.9 Å². The summed E-state index contributed by atoms with van der Waals surface area (Å²) in [5.74, 6) is -0.538. The van der Waals surface area contributed by atoms with Crippen LogP contribution in [0.5, 0.6) is 0 Å². The lowest BCUT2D eigenvalue weighted by molar-refractivity contribution is 0.0978. The molecule has 0 spiro atoms. The number of anilines is 2. The molecule has 0 saturated carbocycles. The number of aryl methyl sites for hydroxylation is 1. The van der Waals surface area contributed by atoms with E-state index in [1.54, 1.807) is 42.5 Å². The zero-order valence-corrected chi connectivity index (χ0v) is 21.8. The van der Waals surface area contributed by atoms with Crippen molar-refractivity contribution in [2.45, 2.75) is 6.92 Å². The highest BCUT2D eigenvalue weighted by molar-refractivity contribution is 7.80. The van der Waals surface area contributed by atoms with Crippen LogP contribution in [0.4, 0.5) is 11.4 Å². The molecule has 3 N–H and O–H groups in total. The summed E-state index contributed by atoms with van der Waals surface area (Å²) < 4.78 is 6.44. The van der Waals surface area contributed by atoms with Gasteiger partial charge in [-0.05, 0) is 67.2 Å². The molecule has 10 heteroatoms. The molecule has 0 radical (unpaired) electrons. The third kappa shape index (κ3) is 4.94. The minimum absolute atomic E-state index is 0.116. The Morgan fingerprint density at radius 3 is 2.53 bits per heavy atom. The number of carbonyl (C=O) groups excluding carboxylic acids is 2. The van der Waals surface area contributed by atoms with Gasteiger partial charge in [-0.25, -0.2) is 0 Å². The van der Waals surface area contributed by atoms with E-state index in [1.807, 2.05) is 31.2 Å². The van der Waals surface area contributed by atoms with Crippen molar-refractivity contribution in [3.63, 3.8) is 0 Å². The summed E-state index contributed by atoms with van der Waals surface area (Å²) in [7, 11) is 0. The minimum atomic E-state index is -0.415. The van der Waals surface area contributed by atoms with Crippen LogP contribution in [0.2, 0.25) is 10.0 Å². The average Bonchev–Trinajstić information content (AvgIpc) is 3.42. The smallest absolute Gasteiger partial charge is 0.291 e. The predicted octanol–water partition coefficient (Wildman–Crippen LogP) is 7.64. The summed E-state index contributed by atoms with van der Waals surface area (Å²) in [5, 5.41) is 11.1. The molecule has 0 aliphatic carbocycles. The van der Waals surface area contributed by atoms with Gasteiger partial charge in [0.05, 0.1) is 5.02 Å². The number of amides is 2. The van der Waals surface area contributed by atoms with E-state index in [9.17, 15) is 9.59 Å². The number of carbonyl (C=O) groups is 2. The first kappa shape index (κ1) is 24.3. The first-order valence-electron chi connectivity index (χ1n) is 10.7. The molecule has 3 aromatic carbocycles. The number of furan rings is 1. The Balaban J connectivity index is 1.24. The third-order valence-corrected chi connectivity index (χ3v) is 7.50. The van der Waals surface area contributed by atoms with Crippen molar-refractivity contribution >= 4 is 96.1 Å². The monoisotopic (exact) mass is 553 g/mol. The van der Waals surface area contributed by atoms with E-state index in [0.717, 1.165) is 21.0 Å². The number of thiocarbonyl (C=S) groups is 1.